The molecule has 0 aliphatic heterocycles. The van der Waals surface area contributed by atoms with Gasteiger partial charge in [-0.3, -0.25) is 0 Å². The Morgan fingerprint density at radius 3 is 2.28 bits per heavy atom. The molecular formula is C17H29N. The third kappa shape index (κ3) is 4.95. The number of nitrogens with zero attached hydrogens (tertiary/aromatic N) is 1. The molecule has 1 aromatic rings. The molecule has 0 amide bonds. The second-order valence-electron chi connectivity index (χ2n) is 5.54. The third-order valence-corrected chi connectivity index (χ3v) is 2.51. The summed E-state index contributed by atoms with van der Waals surface area (Å²) >= 11 is 0. The van der Waals surface area contributed by atoms with Gasteiger partial charge in [-0.2, -0.15) is 0 Å². The molecule has 102 valence electrons. The van der Waals surface area contributed by atoms with Crippen LogP contribution in [-0.4, -0.2) is 4.57 Å². The molecule has 0 aliphatic carbocycles. The van der Waals surface area contributed by atoms with Crippen molar-refractivity contribution in [3.05, 3.63) is 34.5 Å². The Morgan fingerprint density at radius 2 is 1.83 bits per heavy atom. The Kier molecular flexibility index (Phi) is 6.75. The molecular weight excluding hydrogens is 218 g/mol. The highest BCUT2D eigenvalue weighted by Gasteiger charge is 2.12. The fourth-order valence-corrected chi connectivity index (χ4v) is 1.84. The summed E-state index contributed by atoms with van der Waals surface area (Å²) in [5, 5.41) is 2.34. The number of hydrogen-bond acceptors (Lipinski definition) is 0. The Morgan fingerprint density at radius 1 is 1.28 bits per heavy atom. The van der Waals surface area contributed by atoms with Gasteiger partial charge >= 0.3 is 0 Å². The molecule has 0 spiro atoms. The van der Waals surface area contributed by atoms with Crippen molar-refractivity contribution < 1.29 is 0 Å². The van der Waals surface area contributed by atoms with Crippen LogP contribution in [-0.2, 0) is 6.54 Å². The first-order valence-corrected chi connectivity index (χ1v) is 6.83. The normalized spacial score (nSPS) is 12.7. The predicted octanol–water partition coefficient (Wildman–Crippen LogP) is 3.64. The van der Waals surface area contributed by atoms with Crippen molar-refractivity contribution in [2.75, 3.05) is 0 Å². The second kappa shape index (κ2) is 7.25. The summed E-state index contributed by atoms with van der Waals surface area (Å²) in [6, 6.07) is 2.15. The minimum Gasteiger partial charge on any atom is -0.344 e. The van der Waals surface area contributed by atoms with Gasteiger partial charge in [0.25, 0.3) is 0 Å². The van der Waals surface area contributed by atoms with Crippen LogP contribution in [0.15, 0.2) is 18.2 Å². The first-order chi connectivity index (χ1) is 8.35. The zero-order valence-corrected chi connectivity index (χ0v) is 13.2. The lowest BCUT2D eigenvalue weighted by Gasteiger charge is -2.20. The highest BCUT2D eigenvalue weighted by Crippen LogP contribution is 2.15. The molecule has 0 atom stereocenters. The zero-order chi connectivity index (χ0) is 14.3. The Bertz CT molecular complexity index is 481. The molecule has 0 aliphatic rings. The molecule has 1 aromatic heterocycles. The van der Waals surface area contributed by atoms with Gasteiger partial charge in [-0.1, -0.05) is 53.3 Å². The summed E-state index contributed by atoms with van der Waals surface area (Å²) in [6.07, 6.45) is 6.26. The maximum atomic E-state index is 4.10. The van der Waals surface area contributed by atoms with E-state index in [1.807, 2.05) is 26.8 Å². The average molecular weight is 247 g/mol. The molecule has 0 bridgehead atoms. The number of aromatic nitrogens is 1. The summed E-state index contributed by atoms with van der Waals surface area (Å²) in [5.41, 5.74) is 1.57. The van der Waals surface area contributed by atoms with E-state index in [0.717, 1.165) is 11.8 Å². The fraction of sp³-hybridized carbons (Fsp3) is 0.529. The number of aryl methyl sites for hydroxylation is 1. The van der Waals surface area contributed by atoms with Crippen LogP contribution in [0, 0.1) is 12.3 Å². The first kappa shape index (κ1) is 16.8. The lowest BCUT2D eigenvalue weighted by atomic mass is 9.97. The minimum absolute atomic E-state index is 0.286. The topological polar surface area (TPSA) is 4.93 Å². The van der Waals surface area contributed by atoms with Crippen LogP contribution in [0.4, 0.5) is 0 Å². The van der Waals surface area contributed by atoms with Crippen molar-refractivity contribution in [1.82, 2.24) is 4.57 Å². The highest BCUT2D eigenvalue weighted by molar-refractivity contribution is 5.36. The number of allylic oxidation sites excluding steroid dienone is 2. The average Bonchev–Trinajstić information content (AvgIpc) is 2.52. The molecule has 0 N–H and O–H groups in total. The third-order valence-electron chi connectivity index (χ3n) is 2.51. The minimum atomic E-state index is 0.286. The molecule has 1 heterocycles. The monoisotopic (exact) mass is 247 g/mol. The van der Waals surface area contributed by atoms with Crippen molar-refractivity contribution in [2.24, 2.45) is 5.41 Å². The largest absolute Gasteiger partial charge is 0.344 e. The quantitative estimate of drug-likeness (QED) is 0.752. The van der Waals surface area contributed by atoms with Gasteiger partial charge in [0.1, 0.15) is 0 Å². The molecule has 18 heavy (non-hydrogen) atoms. The van der Waals surface area contributed by atoms with Gasteiger partial charge < -0.3 is 4.57 Å². The molecule has 0 radical (unpaired) electrons. The molecule has 1 nitrogen and oxygen atoms in total. The van der Waals surface area contributed by atoms with Crippen molar-refractivity contribution in [3.63, 3.8) is 0 Å². The highest BCUT2D eigenvalue weighted by atomic mass is 15.0. The Labute approximate surface area is 113 Å². The molecule has 1 rings (SSSR count). The van der Waals surface area contributed by atoms with E-state index in [9.17, 15) is 0 Å². The van der Waals surface area contributed by atoms with E-state index in [1.54, 1.807) is 0 Å². The van der Waals surface area contributed by atoms with Crippen LogP contribution in [0.5, 0.6) is 0 Å². The van der Waals surface area contributed by atoms with E-state index >= 15 is 0 Å². The smallest absolute Gasteiger partial charge is 0.0476 e. The van der Waals surface area contributed by atoms with Crippen LogP contribution >= 0.6 is 0 Å². The van der Waals surface area contributed by atoms with Crippen LogP contribution < -0.4 is 10.6 Å². The van der Waals surface area contributed by atoms with Crippen LogP contribution in [0.25, 0.3) is 12.7 Å². The lowest BCUT2D eigenvalue weighted by Crippen LogP contribution is -2.32. The van der Waals surface area contributed by atoms with Crippen molar-refractivity contribution in [3.8, 4) is 0 Å². The van der Waals surface area contributed by atoms with E-state index < -0.39 is 0 Å². The van der Waals surface area contributed by atoms with Gasteiger partial charge in [0.15, 0.2) is 0 Å². The standard InChI is InChI=1S/C15H23N.C2H6/c1-7-8-9-14-12(2)10-13(3)16(14)11-15(4,5)6;1-2/h7-10H,2,11H2,1,3-6H3;1-2H3/b8-7-,14-9+;. The Hall–Kier alpha value is -1.24. The molecule has 0 unspecified atom stereocenters. The summed E-state index contributed by atoms with van der Waals surface area (Å²) in [4.78, 5) is 0. The fourth-order valence-electron chi connectivity index (χ4n) is 1.84. The molecule has 1 heteroatoms. The predicted molar refractivity (Wildman–Crippen MR) is 84.0 cm³/mol. The lowest BCUT2D eigenvalue weighted by molar-refractivity contribution is 0.337. The Balaban J connectivity index is 0.00000137. The summed E-state index contributed by atoms with van der Waals surface area (Å²) in [5.74, 6) is 0. The van der Waals surface area contributed by atoms with E-state index in [0.29, 0.717) is 0 Å². The van der Waals surface area contributed by atoms with Crippen LogP contribution in [0.2, 0.25) is 0 Å². The SMILES string of the molecule is C=c1cc(C)n(CC(C)(C)C)/c1=C/C=C\C.CC. The second-order valence-corrected chi connectivity index (χ2v) is 5.54. The van der Waals surface area contributed by atoms with Crippen molar-refractivity contribution >= 4 is 12.7 Å². The molecule has 0 aromatic carbocycles. The molecule has 0 saturated heterocycles. The van der Waals surface area contributed by atoms with Gasteiger partial charge in [-0.25, -0.2) is 0 Å². The van der Waals surface area contributed by atoms with E-state index in [2.05, 4.69) is 57.1 Å². The number of rotatable bonds is 2. The number of hydrogen-bond donors (Lipinski definition) is 0. The zero-order valence-electron chi connectivity index (χ0n) is 13.2. The van der Waals surface area contributed by atoms with Crippen molar-refractivity contribution in [2.45, 2.75) is 55.0 Å². The molecule has 0 fully saturated rings. The summed E-state index contributed by atoms with van der Waals surface area (Å²) in [6.45, 7) is 20.1. The summed E-state index contributed by atoms with van der Waals surface area (Å²) in [7, 11) is 0. The molecule has 0 saturated carbocycles. The maximum absolute atomic E-state index is 4.10. The van der Waals surface area contributed by atoms with Gasteiger partial charge in [0.2, 0.25) is 0 Å². The van der Waals surface area contributed by atoms with Crippen molar-refractivity contribution in [1.29, 1.82) is 0 Å². The van der Waals surface area contributed by atoms with Gasteiger partial charge in [-0.15, -0.1) is 0 Å². The first-order valence-electron chi connectivity index (χ1n) is 6.83. The summed E-state index contributed by atoms with van der Waals surface area (Å²) < 4.78 is 2.35. The van der Waals surface area contributed by atoms with E-state index in [1.165, 1.54) is 11.0 Å². The van der Waals surface area contributed by atoms with Gasteiger partial charge in [0, 0.05) is 17.6 Å². The van der Waals surface area contributed by atoms with Crippen LogP contribution in [0.1, 0.15) is 47.2 Å². The van der Waals surface area contributed by atoms with Crippen LogP contribution in [0.3, 0.4) is 0 Å². The van der Waals surface area contributed by atoms with E-state index in [4.69, 9.17) is 0 Å². The maximum Gasteiger partial charge on any atom is 0.0476 e. The van der Waals surface area contributed by atoms with Gasteiger partial charge in [0.05, 0.1) is 0 Å². The van der Waals surface area contributed by atoms with Gasteiger partial charge in [-0.05, 0) is 36.6 Å². The van der Waals surface area contributed by atoms with E-state index in [-0.39, 0.29) is 5.41 Å².